The van der Waals surface area contributed by atoms with Crippen molar-refractivity contribution < 1.29 is 27.5 Å². The van der Waals surface area contributed by atoms with Crippen LogP contribution in [0.1, 0.15) is 59.9 Å². The number of likely N-dealkylation sites (tertiary alicyclic amines) is 1. The molecule has 3 rings (SSSR count). The van der Waals surface area contributed by atoms with Crippen LogP contribution in [0.15, 0.2) is 30.3 Å². The first-order valence-corrected chi connectivity index (χ1v) is 14.0. The molecule has 202 valence electrons. The van der Waals surface area contributed by atoms with Gasteiger partial charge in [-0.15, -0.1) is 0 Å². The number of carbonyl (C=O) groups is 2. The fraction of sp³-hybridized carbons (Fsp3) is 0.692. The van der Waals surface area contributed by atoms with Gasteiger partial charge in [0.25, 0.3) is 0 Å². The van der Waals surface area contributed by atoms with E-state index in [-0.39, 0.29) is 39.0 Å². The van der Waals surface area contributed by atoms with Crippen molar-refractivity contribution in [1.82, 2.24) is 14.1 Å². The first kappa shape index (κ1) is 28.4. The van der Waals surface area contributed by atoms with Gasteiger partial charge in [0, 0.05) is 45.8 Å². The molecule has 2 aliphatic heterocycles. The van der Waals surface area contributed by atoms with E-state index in [4.69, 9.17) is 9.47 Å². The Morgan fingerprint density at radius 1 is 0.833 bits per heavy atom. The van der Waals surface area contributed by atoms with Gasteiger partial charge in [-0.3, -0.25) is 9.69 Å². The number of sulfonamides is 1. The summed E-state index contributed by atoms with van der Waals surface area (Å²) in [5.41, 5.74) is -0.297. The molecule has 0 bridgehead atoms. The van der Waals surface area contributed by atoms with E-state index in [1.165, 1.54) is 9.21 Å². The van der Waals surface area contributed by atoms with Gasteiger partial charge >= 0.3 is 12.1 Å². The van der Waals surface area contributed by atoms with E-state index in [1.807, 2.05) is 30.3 Å². The van der Waals surface area contributed by atoms with Gasteiger partial charge in [0.1, 0.15) is 11.2 Å². The van der Waals surface area contributed by atoms with Crippen LogP contribution in [0.4, 0.5) is 4.79 Å². The summed E-state index contributed by atoms with van der Waals surface area (Å²) in [5, 5.41) is 0. The number of ether oxygens (including phenoxy) is 2. The molecule has 10 heteroatoms. The van der Waals surface area contributed by atoms with Crippen molar-refractivity contribution in [1.29, 1.82) is 0 Å². The molecule has 0 radical (unpaired) electrons. The van der Waals surface area contributed by atoms with E-state index in [1.54, 1.807) is 41.5 Å². The van der Waals surface area contributed by atoms with Crippen LogP contribution in [-0.2, 0) is 30.8 Å². The molecule has 0 atom stereocenters. The highest BCUT2D eigenvalue weighted by Gasteiger charge is 2.57. The number of rotatable bonds is 5. The lowest BCUT2D eigenvalue weighted by Crippen LogP contribution is -2.62. The number of amides is 1. The van der Waals surface area contributed by atoms with Gasteiger partial charge in [0.05, 0.1) is 0 Å². The monoisotopic (exact) mass is 523 g/mol. The Balaban J connectivity index is 1.76. The third-order valence-electron chi connectivity index (χ3n) is 6.41. The van der Waals surface area contributed by atoms with E-state index in [0.29, 0.717) is 19.6 Å². The molecule has 2 fully saturated rings. The summed E-state index contributed by atoms with van der Waals surface area (Å²) < 4.78 is 38.9. The van der Waals surface area contributed by atoms with E-state index < -0.39 is 38.0 Å². The second-order valence-corrected chi connectivity index (χ2v) is 13.9. The van der Waals surface area contributed by atoms with Crippen LogP contribution in [0, 0.1) is 0 Å². The van der Waals surface area contributed by atoms with Crippen LogP contribution >= 0.6 is 0 Å². The van der Waals surface area contributed by atoms with Gasteiger partial charge in [-0.1, -0.05) is 30.3 Å². The molecule has 0 saturated carbocycles. The van der Waals surface area contributed by atoms with E-state index in [9.17, 15) is 18.0 Å². The summed E-state index contributed by atoms with van der Waals surface area (Å²) in [6, 6.07) is 9.99. The van der Waals surface area contributed by atoms with Crippen LogP contribution in [-0.4, -0.2) is 89.8 Å². The first-order valence-electron chi connectivity index (χ1n) is 12.6. The molecule has 1 amide bonds. The molecule has 2 saturated heterocycles. The number of nitrogens with zero attached hydrogens (tertiary/aromatic N) is 3. The predicted molar refractivity (Wildman–Crippen MR) is 138 cm³/mol. The highest BCUT2D eigenvalue weighted by Crippen LogP contribution is 2.37. The lowest BCUT2D eigenvalue weighted by molar-refractivity contribution is -0.159. The molecular weight excluding hydrogens is 482 g/mol. The van der Waals surface area contributed by atoms with Crippen molar-refractivity contribution in [3.05, 3.63) is 35.9 Å². The summed E-state index contributed by atoms with van der Waals surface area (Å²) in [5.74, 6) is -0.691. The predicted octanol–water partition coefficient (Wildman–Crippen LogP) is 3.25. The van der Waals surface area contributed by atoms with E-state index in [2.05, 4.69) is 4.90 Å². The minimum absolute atomic E-state index is 0.111. The smallest absolute Gasteiger partial charge is 0.410 e. The van der Waals surface area contributed by atoms with Gasteiger partial charge in [-0.2, -0.15) is 4.31 Å². The molecule has 0 spiro atoms. The molecule has 1 aromatic carbocycles. The molecule has 2 heterocycles. The lowest BCUT2D eigenvalue weighted by Gasteiger charge is -2.44. The third-order valence-corrected chi connectivity index (χ3v) is 9.02. The molecule has 9 nitrogen and oxygen atoms in total. The highest BCUT2D eigenvalue weighted by molar-refractivity contribution is 7.91. The number of piperidine rings is 1. The molecule has 0 aromatic heterocycles. The third kappa shape index (κ3) is 6.77. The topological polar surface area (TPSA) is 96.5 Å². The summed E-state index contributed by atoms with van der Waals surface area (Å²) >= 11 is 0. The van der Waals surface area contributed by atoms with Gasteiger partial charge in [-0.05, 0) is 59.9 Å². The zero-order chi connectivity index (χ0) is 26.8. The summed E-state index contributed by atoms with van der Waals surface area (Å²) in [7, 11) is -4.05. The lowest BCUT2D eigenvalue weighted by atomic mass is 9.95. The Bertz CT molecular complexity index is 1010. The van der Waals surface area contributed by atoms with Crippen molar-refractivity contribution in [3.8, 4) is 0 Å². The second-order valence-electron chi connectivity index (χ2n) is 11.6. The normalized spacial score (nSPS) is 20.1. The minimum atomic E-state index is -4.05. The Morgan fingerprint density at radius 3 is 1.86 bits per heavy atom. The van der Waals surface area contributed by atoms with Gasteiger partial charge < -0.3 is 14.4 Å². The zero-order valence-electron chi connectivity index (χ0n) is 22.5. The number of hydrogen-bond acceptors (Lipinski definition) is 7. The molecule has 2 aliphatic rings. The first-order chi connectivity index (χ1) is 16.6. The Hall–Kier alpha value is -2.17. The van der Waals surface area contributed by atoms with E-state index in [0.717, 1.165) is 5.56 Å². The fourth-order valence-corrected chi connectivity index (χ4v) is 6.63. The maximum Gasteiger partial charge on any atom is 0.410 e. The number of hydrogen-bond donors (Lipinski definition) is 0. The van der Waals surface area contributed by atoms with Crippen molar-refractivity contribution in [2.24, 2.45) is 0 Å². The Morgan fingerprint density at radius 2 is 1.36 bits per heavy atom. The SMILES string of the molecule is CC(C)(C)OC(=O)N1CCN(S(=O)(=O)C2(C(=O)OC(C)(C)C)CCN(Cc3ccccc3)CC2)CC1. The zero-order valence-corrected chi connectivity index (χ0v) is 23.3. The number of carbonyl (C=O) groups excluding carboxylic acids is 2. The quantitative estimate of drug-likeness (QED) is 0.547. The van der Waals surface area contributed by atoms with Crippen LogP contribution in [0.2, 0.25) is 0 Å². The second kappa shape index (κ2) is 10.7. The van der Waals surface area contributed by atoms with Crippen LogP contribution in [0.3, 0.4) is 0 Å². The van der Waals surface area contributed by atoms with Crippen molar-refractivity contribution >= 4 is 22.1 Å². The molecule has 0 N–H and O–H groups in total. The summed E-state index contributed by atoms with van der Waals surface area (Å²) in [6.45, 7) is 12.9. The van der Waals surface area contributed by atoms with Gasteiger partial charge in [-0.25, -0.2) is 13.2 Å². The number of esters is 1. The Labute approximate surface area is 215 Å². The summed E-state index contributed by atoms with van der Waals surface area (Å²) in [4.78, 5) is 29.6. The highest BCUT2D eigenvalue weighted by atomic mass is 32.2. The van der Waals surface area contributed by atoms with E-state index >= 15 is 0 Å². The molecule has 0 unspecified atom stereocenters. The average molecular weight is 524 g/mol. The fourth-order valence-electron chi connectivity index (χ4n) is 4.54. The maximum atomic E-state index is 14.0. The van der Waals surface area contributed by atoms with Gasteiger partial charge in [0.2, 0.25) is 10.0 Å². The van der Waals surface area contributed by atoms with Crippen LogP contribution < -0.4 is 0 Å². The van der Waals surface area contributed by atoms with Gasteiger partial charge in [0.15, 0.2) is 4.75 Å². The summed E-state index contributed by atoms with van der Waals surface area (Å²) in [6.07, 6.45) is -0.150. The minimum Gasteiger partial charge on any atom is -0.459 e. The number of benzene rings is 1. The Kier molecular flexibility index (Phi) is 8.42. The molecular formula is C26H41N3O6S. The van der Waals surface area contributed by atoms with Crippen LogP contribution in [0.5, 0.6) is 0 Å². The van der Waals surface area contributed by atoms with Crippen molar-refractivity contribution in [2.75, 3.05) is 39.3 Å². The molecule has 36 heavy (non-hydrogen) atoms. The number of piperazine rings is 1. The average Bonchev–Trinajstić information content (AvgIpc) is 2.78. The standard InChI is InChI=1S/C26H41N3O6S/c1-24(2,3)34-22(30)26(12-14-27(15-13-26)20-21-10-8-7-9-11-21)36(32,33)29-18-16-28(17-19-29)23(31)35-25(4,5)6/h7-11H,12-20H2,1-6H3. The van der Waals surface area contributed by atoms with Crippen molar-refractivity contribution in [2.45, 2.75) is 76.9 Å². The maximum absolute atomic E-state index is 14.0. The largest absolute Gasteiger partial charge is 0.459 e. The van der Waals surface area contributed by atoms with Crippen molar-refractivity contribution in [3.63, 3.8) is 0 Å². The van der Waals surface area contributed by atoms with Crippen LogP contribution in [0.25, 0.3) is 0 Å². The molecule has 1 aromatic rings. The molecule has 0 aliphatic carbocycles.